The summed E-state index contributed by atoms with van der Waals surface area (Å²) in [6.07, 6.45) is 1.31. The van der Waals surface area contributed by atoms with Crippen LogP contribution >= 0.6 is 23.2 Å². The highest BCUT2D eigenvalue weighted by Crippen LogP contribution is 2.20. The highest BCUT2D eigenvalue weighted by molar-refractivity contribution is 6.35. The Bertz CT molecular complexity index is 687. The lowest BCUT2D eigenvalue weighted by molar-refractivity contribution is 0.0962. The number of nitrogens with zero attached hydrogens (tertiary/aromatic N) is 1. The number of carbonyl (C=O) groups is 2. The van der Waals surface area contributed by atoms with Gasteiger partial charge in [-0.1, -0.05) is 23.2 Å². The summed E-state index contributed by atoms with van der Waals surface area (Å²) in [7, 11) is 1.55. The number of benzene rings is 1. The average Bonchev–Trinajstić information content (AvgIpc) is 2.49. The number of hydrogen-bond donors (Lipinski definition) is 2. The minimum absolute atomic E-state index is 0.180. The number of anilines is 1. The molecule has 2 aromatic rings. The van der Waals surface area contributed by atoms with Crippen LogP contribution in [0.2, 0.25) is 10.2 Å². The molecule has 0 radical (unpaired) electrons. The summed E-state index contributed by atoms with van der Waals surface area (Å²) in [4.78, 5) is 27.3. The normalized spacial score (nSPS) is 10.0. The quantitative estimate of drug-likeness (QED) is 0.853. The van der Waals surface area contributed by atoms with Crippen LogP contribution < -0.4 is 10.6 Å². The topological polar surface area (TPSA) is 71.1 Å². The standard InChI is InChI=1S/C14H11Cl2N3O2/c1-17-13(20)8-2-4-9(5-3-8)19-14(21)10-6-12(16)18-7-11(10)15/h2-7H,1H3,(H,17,20)(H,19,21). The molecule has 7 heteroatoms. The molecular weight excluding hydrogens is 313 g/mol. The van der Waals surface area contributed by atoms with Gasteiger partial charge in [-0.15, -0.1) is 0 Å². The lowest BCUT2D eigenvalue weighted by Gasteiger charge is -2.07. The van der Waals surface area contributed by atoms with E-state index in [9.17, 15) is 9.59 Å². The predicted molar refractivity (Wildman–Crippen MR) is 82.0 cm³/mol. The van der Waals surface area contributed by atoms with Gasteiger partial charge in [0.1, 0.15) is 5.15 Å². The van der Waals surface area contributed by atoms with Crippen molar-refractivity contribution in [3.05, 3.63) is 57.8 Å². The van der Waals surface area contributed by atoms with E-state index in [-0.39, 0.29) is 21.6 Å². The molecule has 2 rings (SSSR count). The zero-order valence-corrected chi connectivity index (χ0v) is 12.5. The fraction of sp³-hybridized carbons (Fsp3) is 0.0714. The van der Waals surface area contributed by atoms with Crippen molar-refractivity contribution in [3.8, 4) is 0 Å². The van der Waals surface area contributed by atoms with Gasteiger partial charge in [0.15, 0.2) is 0 Å². The summed E-state index contributed by atoms with van der Waals surface area (Å²) in [5.74, 6) is -0.603. The van der Waals surface area contributed by atoms with E-state index in [0.717, 1.165) is 0 Å². The summed E-state index contributed by atoms with van der Waals surface area (Å²) < 4.78 is 0. The molecule has 5 nitrogen and oxygen atoms in total. The largest absolute Gasteiger partial charge is 0.355 e. The van der Waals surface area contributed by atoms with Crippen molar-refractivity contribution in [2.24, 2.45) is 0 Å². The third-order valence-corrected chi connectivity index (χ3v) is 3.21. The smallest absolute Gasteiger partial charge is 0.257 e. The Balaban J connectivity index is 2.16. The monoisotopic (exact) mass is 323 g/mol. The Labute approximate surface area is 131 Å². The van der Waals surface area contributed by atoms with Gasteiger partial charge in [-0.05, 0) is 30.3 Å². The molecule has 0 bridgehead atoms. The number of amides is 2. The number of pyridine rings is 1. The molecule has 1 aromatic carbocycles. The fourth-order valence-electron chi connectivity index (χ4n) is 1.63. The van der Waals surface area contributed by atoms with Gasteiger partial charge >= 0.3 is 0 Å². The van der Waals surface area contributed by atoms with Crippen LogP contribution in [-0.4, -0.2) is 23.8 Å². The Morgan fingerprint density at radius 2 is 1.76 bits per heavy atom. The second-order valence-corrected chi connectivity index (χ2v) is 4.89. The molecule has 0 aliphatic carbocycles. The van der Waals surface area contributed by atoms with E-state index in [1.165, 1.54) is 12.3 Å². The van der Waals surface area contributed by atoms with E-state index in [0.29, 0.717) is 11.3 Å². The highest BCUT2D eigenvalue weighted by atomic mass is 35.5. The molecule has 0 saturated carbocycles. The van der Waals surface area contributed by atoms with Crippen molar-refractivity contribution in [2.75, 3.05) is 12.4 Å². The molecule has 0 aliphatic heterocycles. The second kappa shape index (κ2) is 6.56. The summed E-state index contributed by atoms with van der Waals surface area (Å²) >= 11 is 11.6. The molecule has 1 heterocycles. The number of halogens is 2. The van der Waals surface area contributed by atoms with E-state index in [1.807, 2.05) is 0 Å². The zero-order chi connectivity index (χ0) is 15.4. The average molecular weight is 324 g/mol. The molecule has 2 N–H and O–H groups in total. The van der Waals surface area contributed by atoms with Gasteiger partial charge < -0.3 is 10.6 Å². The van der Waals surface area contributed by atoms with Gasteiger partial charge in [-0.2, -0.15) is 0 Å². The van der Waals surface area contributed by atoms with E-state index in [1.54, 1.807) is 31.3 Å². The molecule has 0 unspecified atom stereocenters. The lowest BCUT2D eigenvalue weighted by atomic mass is 10.2. The van der Waals surface area contributed by atoms with Gasteiger partial charge in [0.05, 0.1) is 10.6 Å². The van der Waals surface area contributed by atoms with Gasteiger partial charge in [0.25, 0.3) is 11.8 Å². The molecule has 0 fully saturated rings. The molecule has 0 saturated heterocycles. The predicted octanol–water partition coefficient (Wildman–Crippen LogP) is 3.00. The maximum atomic E-state index is 12.1. The summed E-state index contributed by atoms with van der Waals surface area (Å²) in [5, 5.41) is 5.57. The number of carbonyl (C=O) groups excluding carboxylic acids is 2. The molecule has 0 spiro atoms. The van der Waals surface area contributed by atoms with Gasteiger partial charge in [-0.25, -0.2) is 4.98 Å². The molecule has 21 heavy (non-hydrogen) atoms. The Morgan fingerprint density at radius 1 is 1.10 bits per heavy atom. The van der Waals surface area contributed by atoms with Crippen molar-refractivity contribution >= 4 is 40.7 Å². The first kappa shape index (κ1) is 15.3. The summed E-state index contributed by atoms with van der Waals surface area (Å²) in [6, 6.07) is 7.85. The first-order valence-electron chi connectivity index (χ1n) is 5.96. The van der Waals surface area contributed by atoms with Crippen molar-refractivity contribution in [1.29, 1.82) is 0 Å². The summed E-state index contributed by atoms with van der Waals surface area (Å²) in [5.41, 5.74) is 1.27. The van der Waals surface area contributed by atoms with Crippen molar-refractivity contribution in [3.63, 3.8) is 0 Å². The van der Waals surface area contributed by atoms with Crippen LogP contribution in [0.4, 0.5) is 5.69 Å². The Hall–Kier alpha value is -2.11. The number of rotatable bonds is 3. The van der Waals surface area contributed by atoms with E-state index < -0.39 is 5.91 Å². The molecule has 0 aliphatic rings. The first-order chi connectivity index (χ1) is 10.0. The van der Waals surface area contributed by atoms with Crippen molar-refractivity contribution in [2.45, 2.75) is 0 Å². The van der Waals surface area contributed by atoms with Crippen LogP contribution in [0.1, 0.15) is 20.7 Å². The number of hydrogen-bond acceptors (Lipinski definition) is 3. The third-order valence-electron chi connectivity index (χ3n) is 2.70. The first-order valence-corrected chi connectivity index (χ1v) is 6.71. The van der Waals surface area contributed by atoms with Gasteiger partial charge in [0, 0.05) is 24.5 Å². The Kier molecular flexibility index (Phi) is 4.77. The summed E-state index contributed by atoms with van der Waals surface area (Å²) in [6.45, 7) is 0. The number of nitrogens with one attached hydrogen (secondary N) is 2. The lowest BCUT2D eigenvalue weighted by Crippen LogP contribution is -2.18. The van der Waals surface area contributed by atoms with E-state index in [4.69, 9.17) is 23.2 Å². The molecule has 1 aromatic heterocycles. The SMILES string of the molecule is CNC(=O)c1ccc(NC(=O)c2cc(Cl)ncc2Cl)cc1. The molecule has 2 amide bonds. The van der Waals surface area contributed by atoms with E-state index in [2.05, 4.69) is 15.6 Å². The second-order valence-electron chi connectivity index (χ2n) is 4.10. The Morgan fingerprint density at radius 3 is 2.38 bits per heavy atom. The maximum absolute atomic E-state index is 12.1. The van der Waals surface area contributed by atoms with E-state index >= 15 is 0 Å². The van der Waals surface area contributed by atoms with Crippen LogP contribution in [0.5, 0.6) is 0 Å². The fourth-order valence-corrected chi connectivity index (χ4v) is 1.98. The van der Waals surface area contributed by atoms with Crippen LogP contribution in [0.15, 0.2) is 36.5 Å². The van der Waals surface area contributed by atoms with Crippen LogP contribution in [0.25, 0.3) is 0 Å². The molecular formula is C14H11Cl2N3O2. The highest BCUT2D eigenvalue weighted by Gasteiger charge is 2.12. The van der Waals surface area contributed by atoms with Gasteiger partial charge in [-0.3, -0.25) is 9.59 Å². The zero-order valence-electron chi connectivity index (χ0n) is 11.0. The number of aromatic nitrogens is 1. The van der Waals surface area contributed by atoms with Crippen LogP contribution in [0.3, 0.4) is 0 Å². The maximum Gasteiger partial charge on any atom is 0.257 e. The van der Waals surface area contributed by atoms with Gasteiger partial charge in [0.2, 0.25) is 0 Å². The third kappa shape index (κ3) is 3.71. The van der Waals surface area contributed by atoms with Crippen molar-refractivity contribution in [1.82, 2.24) is 10.3 Å². The molecule has 108 valence electrons. The van der Waals surface area contributed by atoms with Crippen LogP contribution in [-0.2, 0) is 0 Å². The van der Waals surface area contributed by atoms with Crippen LogP contribution in [0, 0.1) is 0 Å². The minimum atomic E-state index is -0.406. The van der Waals surface area contributed by atoms with Crippen molar-refractivity contribution < 1.29 is 9.59 Å². The molecule has 0 atom stereocenters. The minimum Gasteiger partial charge on any atom is -0.355 e.